The van der Waals surface area contributed by atoms with Crippen LogP contribution in [-0.2, 0) is 0 Å². The lowest BCUT2D eigenvalue weighted by atomic mass is 10.1. The molecule has 5 heteroatoms. The monoisotopic (exact) mass is 309 g/mol. The molecule has 0 radical (unpaired) electrons. The van der Waals surface area contributed by atoms with Crippen LogP contribution in [0.15, 0.2) is 48.5 Å². The van der Waals surface area contributed by atoms with Gasteiger partial charge < -0.3 is 16.0 Å². The molecule has 2 aromatic carbocycles. The molecule has 0 unspecified atom stereocenters. The fraction of sp³-hybridized carbons (Fsp3) is 0.222. The van der Waals surface area contributed by atoms with Crippen LogP contribution in [0.2, 0.25) is 0 Å². The van der Waals surface area contributed by atoms with Gasteiger partial charge in [-0.25, -0.2) is 4.79 Å². The van der Waals surface area contributed by atoms with Gasteiger partial charge in [0.1, 0.15) is 0 Å². The van der Waals surface area contributed by atoms with Crippen LogP contribution in [-0.4, -0.2) is 18.0 Å². The summed E-state index contributed by atoms with van der Waals surface area (Å²) >= 11 is 0. The van der Waals surface area contributed by atoms with Crippen molar-refractivity contribution < 1.29 is 9.59 Å². The predicted octanol–water partition coefficient (Wildman–Crippen LogP) is 3.53. The number of rotatable bonds is 4. The van der Waals surface area contributed by atoms with Crippen LogP contribution in [0.5, 0.6) is 0 Å². The Balaban J connectivity index is 1.71. The molecule has 5 nitrogen and oxygen atoms in total. The third-order valence-electron chi connectivity index (χ3n) is 3.69. The van der Waals surface area contributed by atoms with Crippen LogP contribution in [0.4, 0.5) is 16.2 Å². The summed E-state index contributed by atoms with van der Waals surface area (Å²) in [6.45, 7) is 1.89. The van der Waals surface area contributed by atoms with Crippen LogP contribution in [0, 0.1) is 6.92 Å². The molecule has 0 heterocycles. The first-order chi connectivity index (χ1) is 11.1. The van der Waals surface area contributed by atoms with Gasteiger partial charge in [0, 0.05) is 23.0 Å². The number of aryl methyl sites for hydroxylation is 1. The highest BCUT2D eigenvalue weighted by Crippen LogP contribution is 2.21. The number of para-hydroxylation sites is 1. The first-order valence-electron chi connectivity index (χ1n) is 7.66. The minimum absolute atomic E-state index is 0.207. The molecule has 1 saturated carbocycles. The van der Waals surface area contributed by atoms with Crippen LogP contribution in [0.1, 0.15) is 28.8 Å². The topological polar surface area (TPSA) is 70.2 Å². The lowest BCUT2D eigenvalue weighted by Gasteiger charge is -2.11. The number of carbonyl (C=O) groups is 2. The Kier molecular flexibility index (Phi) is 4.28. The van der Waals surface area contributed by atoms with E-state index in [1.54, 1.807) is 12.1 Å². The fourth-order valence-electron chi connectivity index (χ4n) is 2.19. The second kappa shape index (κ2) is 6.52. The summed E-state index contributed by atoms with van der Waals surface area (Å²) in [5.74, 6) is -0.207. The number of carbonyl (C=O) groups excluding carboxylic acids is 2. The third-order valence-corrected chi connectivity index (χ3v) is 3.69. The lowest BCUT2D eigenvalue weighted by Crippen LogP contribution is -2.30. The number of anilines is 2. The molecule has 23 heavy (non-hydrogen) atoms. The molecule has 0 bridgehead atoms. The van der Waals surface area contributed by atoms with E-state index >= 15 is 0 Å². The van der Waals surface area contributed by atoms with Crippen molar-refractivity contribution in [3.63, 3.8) is 0 Å². The molecule has 3 N–H and O–H groups in total. The van der Waals surface area contributed by atoms with Crippen molar-refractivity contribution in [1.82, 2.24) is 5.32 Å². The van der Waals surface area contributed by atoms with Crippen LogP contribution >= 0.6 is 0 Å². The van der Waals surface area contributed by atoms with Crippen molar-refractivity contribution >= 4 is 23.3 Å². The van der Waals surface area contributed by atoms with Crippen molar-refractivity contribution in [3.05, 3.63) is 59.7 Å². The van der Waals surface area contributed by atoms with Gasteiger partial charge in [-0.15, -0.1) is 0 Å². The zero-order chi connectivity index (χ0) is 16.2. The van der Waals surface area contributed by atoms with Crippen molar-refractivity contribution in [2.75, 3.05) is 10.6 Å². The van der Waals surface area contributed by atoms with Crippen LogP contribution < -0.4 is 16.0 Å². The average Bonchev–Trinajstić information content (AvgIpc) is 3.34. The molecule has 118 valence electrons. The zero-order valence-electron chi connectivity index (χ0n) is 12.9. The van der Waals surface area contributed by atoms with E-state index in [1.165, 1.54) is 0 Å². The van der Waals surface area contributed by atoms with Gasteiger partial charge in [0.25, 0.3) is 5.91 Å². The average molecular weight is 309 g/mol. The second-order valence-corrected chi connectivity index (χ2v) is 5.72. The van der Waals surface area contributed by atoms with Crippen molar-refractivity contribution in [2.45, 2.75) is 25.8 Å². The fourth-order valence-corrected chi connectivity index (χ4v) is 2.19. The van der Waals surface area contributed by atoms with Crippen molar-refractivity contribution in [3.8, 4) is 0 Å². The van der Waals surface area contributed by atoms with Gasteiger partial charge in [-0.3, -0.25) is 4.79 Å². The molecule has 0 aromatic heterocycles. The molecule has 3 rings (SSSR count). The van der Waals surface area contributed by atoms with E-state index < -0.39 is 0 Å². The van der Waals surface area contributed by atoms with Gasteiger partial charge in [-0.05, 0) is 49.6 Å². The summed E-state index contributed by atoms with van der Waals surface area (Å²) in [4.78, 5) is 24.2. The van der Waals surface area contributed by atoms with Gasteiger partial charge in [-0.2, -0.15) is 0 Å². The Labute approximate surface area is 135 Å². The Morgan fingerprint density at radius 3 is 2.43 bits per heavy atom. The minimum atomic E-state index is -0.226. The molecule has 1 fully saturated rings. The highest BCUT2D eigenvalue weighted by molar-refractivity contribution is 6.05. The zero-order valence-corrected chi connectivity index (χ0v) is 12.9. The molecule has 3 amide bonds. The molecule has 0 spiro atoms. The van der Waals surface area contributed by atoms with E-state index in [0.29, 0.717) is 17.3 Å². The predicted molar refractivity (Wildman–Crippen MR) is 90.8 cm³/mol. The van der Waals surface area contributed by atoms with Gasteiger partial charge in [0.15, 0.2) is 0 Å². The number of hydrogen-bond donors (Lipinski definition) is 3. The molecule has 0 atom stereocenters. The van der Waals surface area contributed by atoms with Crippen LogP contribution in [0.3, 0.4) is 0 Å². The van der Waals surface area contributed by atoms with Crippen molar-refractivity contribution in [1.29, 1.82) is 0 Å². The number of nitrogens with one attached hydrogen (secondary N) is 3. The number of urea groups is 1. The molecular weight excluding hydrogens is 290 g/mol. The van der Waals surface area contributed by atoms with E-state index in [2.05, 4.69) is 16.0 Å². The third kappa shape index (κ3) is 4.10. The van der Waals surface area contributed by atoms with Gasteiger partial charge >= 0.3 is 6.03 Å². The summed E-state index contributed by atoms with van der Waals surface area (Å²) in [6, 6.07) is 14.6. The van der Waals surface area contributed by atoms with E-state index in [1.807, 2.05) is 43.3 Å². The van der Waals surface area contributed by atoms with Gasteiger partial charge in [0.05, 0.1) is 0 Å². The number of benzene rings is 2. The number of amides is 3. The SMILES string of the molecule is Cc1ccc(C(=O)Nc2ccccc2)cc1NC(=O)NC1CC1. The quantitative estimate of drug-likeness (QED) is 0.808. The maximum Gasteiger partial charge on any atom is 0.319 e. The Bertz CT molecular complexity index is 724. The summed E-state index contributed by atoms with van der Waals surface area (Å²) in [6.07, 6.45) is 2.07. The standard InChI is InChI=1S/C18H19N3O2/c1-12-7-8-13(17(22)19-14-5-3-2-4-6-14)11-16(12)21-18(23)20-15-9-10-15/h2-8,11,15H,9-10H2,1H3,(H,19,22)(H2,20,21,23). The van der Waals surface area contributed by atoms with E-state index in [0.717, 1.165) is 24.1 Å². The molecule has 1 aliphatic carbocycles. The molecule has 1 aliphatic rings. The number of hydrogen-bond acceptors (Lipinski definition) is 2. The van der Waals surface area contributed by atoms with E-state index in [-0.39, 0.29) is 11.9 Å². The molecule has 0 saturated heterocycles. The highest BCUT2D eigenvalue weighted by atomic mass is 16.2. The molecular formula is C18H19N3O2. The summed E-state index contributed by atoms with van der Waals surface area (Å²) in [5, 5.41) is 8.51. The van der Waals surface area contributed by atoms with Gasteiger partial charge in [-0.1, -0.05) is 24.3 Å². The van der Waals surface area contributed by atoms with E-state index in [4.69, 9.17) is 0 Å². The summed E-state index contributed by atoms with van der Waals surface area (Å²) < 4.78 is 0. The Hall–Kier alpha value is -2.82. The summed E-state index contributed by atoms with van der Waals surface area (Å²) in [5.41, 5.74) is 2.79. The molecule has 2 aromatic rings. The first kappa shape index (κ1) is 15.1. The maximum atomic E-state index is 12.3. The Morgan fingerprint density at radius 2 is 1.74 bits per heavy atom. The minimum Gasteiger partial charge on any atom is -0.335 e. The highest BCUT2D eigenvalue weighted by Gasteiger charge is 2.23. The second-order valence-electron chi connectivity index (χ2n) is 5.72. The van der Waals surface area contributed by atoms with Crippen molar-refractivity contribution in [2.24, 2.45) is 0 Å². The smallest absolute Gasteiger partial charge is 0.319 e. The first-order valence-corrected chi connectivity index (χ1v) is 7.66. The Morgan fingerprint density at radius 1 is 1.00 bits per heavy atom. The lowest BCUT2D eigenvalue weighted by molar-refractivity contribution is 0.102. The van der Waals surface area contributed by atoms with E-state index in [9.17, 15) is 9.59 Å². The summed E-state index contributed by atoms with van der Waals surface area (Å²) in [7, 11) is 0. The maximum absolute atomic E-state index is 12.3. The largest absolute Gasteiger partial charge is 0.335 e. The van der Waals surface area contributed by atoms with Crippen LogP contribution in [0.25, 0.3) is 0 Å². The molecule has 0 aliphatic heterocycles. The normalized spacial score (nSPS) is 13.3. The van der Waals surface area contributed by atoms with Gasteiger partial charge in [0.2, 0.25) is 0 Å².